The van der Waals surface area contributed by atoms with E-state index in [1.54, 1.807) is 0 Å². The molecular formula is C12H23BrO3. The first-order chi connectivity index (χ1) is 7.40. The van der Waals surface area contributed by atoms with Gasteiger partial charge in [0.05, 0.1) is 12.0 Å². The molecule has 96 valence electrons. The Labute approximate surface area is 106 Å². The third-order valence-electron chi connectivity index (χ3n) is 2.87. The Morgan fingerprint density at radius 1 is 1.38 bits per heavy atom. The summed E-state index contributed by atoms with van der Waals surface area (Å²) >= 11 is 3.43. The highest BCUT2D eigenvalue weighted by molar-refractivity contribution is 9.09. The highest BCUT2D eigenvalue weighted by atomic mass is 79.9. The van der Waals surface area contributed by atoms with Crippen LogP contribution in [0.15, 0.2) is 0 Å². The van der Waals surface area contributed by atoms with E-state index in [4.69, 9.17) is 5.11 Å². The molecule has 0 radical (unpaired) electrons. The van der Waals surface area contributed by atoms with Gasteiger partial charge in [-0.3, -0.25) is 4.79 Å². The Balaban J connectivity index is 4.17. The van der Waals surface area contributed by atoms with Gasteiger partial charge in [0.25, 0.3) is 0 Å². The molecule has 0 bridgehead atoms. The van der Waals surface area contributed by atoms with E-state index < -0.39 is 18.0 Å². The summed E-state index contributed by atoms with van der Waals surface area (Å²) in [6, 6.07) is 0. The number of aliphatic hydroxyl groups is 1. The van der Waals surface area contributed by atoms with E-state index in [1.165, 1.54) is 0 Å². The van der Waals surface area contributed by atoms with Crippen molar-refractivity contribution in [3.63, 3.8) is 0 Å². The van der Waals surface area contributed by atoms with Crippen LogP contribution >= 0.6 is 15.9 Å². The summed E-state index contributed by atoms with van der Waals surface area (Å²) in [5.41, 5.74) is 0. The first-order valence-electron chi connectivity index (χ1n) is 5.95. The summed E-state index contributed by atoms with van der Waals surface area (Å²) in [5, 5.41) is 18.9. The van der Waals surface area contributed by atoms with Crippen molar-refractivity contribution < 1.29 is 15.0 Å². The molecule has 16 heavy (non-hydrogen) atoms. The lowest BCUT2D eigenvalue weighted by molar-refractivity contribution is -0.144. The van der Waals surface area contributed by atoms with Crippen LogP contribution in [0.5, 0.6) is 0 Å². The minimum atomic E-state index is -0.816. The summed E-state index contributed by atoms with van der Waals surface area (Å²) in [7, 11) is 0. The zero-order valence-electron chi connectivity index (χ0n) is 10.3. The topological polar surface area (TPSA) is 57.5 Å². The number of carbonyl (C=O) groups is 1. The number of alkyl halides is 1. The summed E-state index contributed by atoms with van der Waals surface area (Å²) in [6.45, 7) is 5.85. The highest BCUT2D eigenvalue weighted by Crippen LogP contribution is 2.23. The first-order valence-corrected chi connectivity index (χ1v) is 6.86. The maximum Gasteiger partial charge on any atom is 0.306 e. The molecule has 0 rings (SSSR count). The van der Waals surface area contributed by atoms with E-state index in [9.17, 15) is 9.90 Å². The Morgan fingerprint density at radius 2 is 1.94 bits per heavy atom. The summed E-state index contributed by atoms with van der Waals surface area (Å²) in [4.78, 5) is 11.0. The van der Waals surface area contributed by atoms with Gasteiger partial charge in [-0.15, -0.1) is 0 Å². The van der Waals surface area contributed by atoms with Crippen LogP contribution in [0, 0.1) is 11.8 Å². The van der Waals surface area contributed by atoms with Crippen LogP contribution < -0.4 is 0 Å². The van der Waals surface area contributed by atoms with Gasteiger partial charge in [0.15, 0.2) is 0 Å². The zero-order chi connectivity index (χ0) is 12.7. The number of hydrogen-bond donors (Lipinski definition) is 2. The fraction of sp³-hybridized carbons (Fsp3) is 0.917. The zero-order valence-corrected chi connectivity index (χ0v) is 11.9. The highest BCUT2D eigenvalue weighted by Gasteiger charge is 2.27. The molecule has 3 atom stereocenters. The Bertz CT molecular complexity index is 206. The monoisotopic (exact) mass is 294 g/mol. The maximum absolute atomic E-state index is 11.0. The SMILES string of the molecule is CCCC[C@@H](Br)[C@@H](O)C[C@H](C(=O)O)C(C)C. The molecule has 0 aliphatic heterocycles. The van der Waals surface area contributed by atoms with Crippen molar-refractivity contribution in [2.75, 3.05) is 0 Å². The van der Waals surface area contributed by atoms with Gasteiger partial charge in [-0.25, -0.2) is 0 Å². The summed E-state index contributed by atoms with van der Waals surface area (Å²) < 4.78 is 0. The van der Waals surface area contributed by atoms with Gasteiger partial charge >= 0.3 is 5.97 Å². The van der Waals surface area contributed by atoms with Crippen LogP contribution in [-0.2, 0) is 4.79 Å². The third kappa shape index (κ3) is 5.85. The molecule has 0 unspecified atom stereocenters. The Hall–Kier alpha value is -0.0900. The van der Waals surface area contributed by atoms with E-state index in [0.29, 0.717) is 6.42 Å². The fourth-order valence-corrected chi connectivity index (χ4v) is 2.20. The van der Waals surface area contributed by atoms with Crippen LogP contribution in [-0.4, -0.2) is 27.1 Å². The lowest BCUT2D eigenvalue weighted by Gasteiger charge is -2.23. The number of halogens is 1. The average Bonchev–Trinajstić information content (AvgIpc) is 2.20. The van der Waals surface area contributed by atoms with Crippen LogP contribution in [0.4, 0.5) is 0 Å². The number of carboxylic acids is 1. The van der Waals surface area contributed by atoms with Crippen LogP contribution in [0.3, 0.4) is 0 Å². The predicted octanol–water partition coefficient (Wildman–Crippen LogP) is 3.05. The lowest BCUT2D eigenvalue weighted by Crippen LogP contribution is -2.30. The molecule has 0 amide bonds. The van der Waals surface area contributed by atoms with Crippen molar-refractivity contribution in [3.8, 4) is 0 Å². The summed E-state index contributed by atoms with van der Waals surface area (Å²) in [5.74, 6) is -1.22. The van der Waals surface area contributed by atoms with E-state index in [0.717, 1.165) is 19.3 Å². The molecule has 0 aliphatic carbocycles. The van der Waals surface area contributed by atoms with Gasteiger partial charge in [-0.1, -0.05) is 49.5 Å². The molecule has 4 heteroatoms. The number of hydrogen-bond acceptors (Lipinski definition) is 2. The molecule has 0 spiro atoms. The smallest absolute Gasteiger partial charge is 0.306 e. The molecule has 0 saturated carbocycles. The fourth-order valence-electron chi connectivity index (χ4n) is 1.66. The molecule has 0 aromatic rings. The summed E-state index contributed by atoms with van der Waals surface area (Å²) in [6.07, 6.45) is 2.78. The minimum Gasteiger partial charge on any atom is -0.481 e. The molecule has 0 fully saturated rings. The van der Waals surface area contributed by atoms with Gasteiger partial charge in [-0.2, -0.15) is 0 Å². The van der Waals surface area contributed by atoms with Gasteiger partial charge in [0, 0.05) is 4.83 Å². The number of rotatable bonds is 8. The number of aliphatic carboxylic acids is 1. The molecule has 0 saturated heterocycles. The van der Waals surface area contributed by atoms with E-state index in [2.05, 4.69) is 22.9 Å². The van der Waals surface area contributed by atoms with Crippen molar-refractivity contribution in [3.05, 3.63) is 0 Å². The Kier molecular flexibility index (Phi) is 8.02. The van der Waals surface area contributed by atoms with Crippen LogP contribution in [0.1, 0.15) is 46.5 Å². The predicted molar refractivity (Wildman–Crippen MR) is 68.8 cm³/mol. The van der Waals surface area contributed by atoms with E-state index in [1.807, 2.05) is 13.8 Å². The number of unbranched alkanes of at least 4 members (excludes halogenated alkanes) is 1. The molecular weight excluding hydrogens is 272 g/mol. The van der Waals surface area contributed by atoms with E-state index >= 15 is 0 Å². The van der Waals surface area contributed by atoms with Crippen molar-refractivity contribution in [2.24, 2.45) is 11.8 Å². The van der Waals surface area contributed by atoms with E-state index in [-0.39, 0.29) is 10.7 Å². The minimum absolute atomic E-state index is 0.00745. The molecule has 0 heterocycles. The van der Waals surface area contributed by atoms with Gasteiger partial charge in [0.1, 0.15) is 0 Å². The van der Waals surface area contributed by atoms with Crippen LogP contribution in [0.2, 0.25) is 0 Å². The second-order valence-electron chi connectivity index (χ2n) is 4.65. The number of carboxylic acid groups (broad SMARTS) is 1. The van der Waals surface area contributed by atoms with Crippen molar-refractivity contribution >= 4 is 21.9 Å². The number of aliphatic hydroxyl groups excluding tert-OH is 1. The molecule has 0 aromatic carbocycles. The second kappa shape index (κ2) is 8.07. The molecule has 0 aromatic heterocycles. The van der Waals surface area contributed by atoms with Crippen molar-refractivity contribution in [1.82, 2.24) is 0 Å². The Morgan fingerprint density at radius 3 is 2.31 bits per heavy atom. The van der Waals surface area contributed by atoms with Gasteiger partial charge in [0.2, 0.25) is 0 Å². The lowest BCUT2D eigenvalue weighted by atomic mass is 9.89. The standard InChI is InChI=1S/C12H23BrO3/c1-4-5-6-10(13)11(14)7-9(8(2)3)12(15)16/h8-11,14H,4-7H2,1-3H3,(H,15,16)/t9-,10+,11-/m0/s1. The normalized spacial score (nSPS) is 17.1. The molecule has 3 nitrogen and oxygen atoms in total. The van der Waals surface area contributed by atoms with Gasteiger partial charge in [-0.05, 0) is 18.8 Å². The second-order valence-corrected chi connectivity index (χ2v) is 5.83. The molecule has 2 N–H and O–H groups in total. The maximum atomic E-state index is 11.0. The quantitative estimate of drug-likeness (QED) is 0.677. The van der Waals surface area contributed by atoms with Crippen molar-refractivity contribution in [2.45, 2.75) is 57.4 Å². The van der Waals surface area contributed by atoms with Crippen LogP contribution in [0.25, 0.3) is 0 Å². The first kappa shape index (κ1) is 15.9. The average molecular weight is 295 g/mol. The largest absolute Gasteiger partial charge is 0.481 e. The van der Waals surface area contributed by atoms with Gasteiger partial charge < -0.3 is 10.2 Å². The third-order valence-corrected chi connectivity index (χ3v) is 3.94. The molecule has 0 aliphatic rings. The van der Waals surface area contributed by atoms with Crippen molar-refractivity contribution in [1.29, 1.82) is 0 Å².